The predicted octanol–water partition coefficient (Wildman–Crippen LogP) is 3.88. The summed E-state index contributed by atoms with van der Waals surface area (Å²) in [6.07, 6.45) is 3.56. The molecule has 2 heterocycles. The van der Waals surface area contributed by atoms with Gasteiger partial charge in [0.05, 0.1) is 19.4 Å². The van der Waals surface area contributed by atoms with Crippen LogP contribution in [-0.2, 0) is 24.9 Å². The molecule has 1 amide bonds. The number of aromatic nitrogens is 1. The molecule has 0 atom stereocenters. The number of hydrogen-bond donors (Lipinski definition) is 0. The van der Waals surface area contributed by atoms with Crippen molar-refractivity contribution in [2.45, 2.75) is 13.1 Å². The molecule has 0 radical (unpaired) electrons. The van der Waals surface area contributed by atoms with Crippen molar-refractivity contribution in [2.24, 2.45) is 7.05 Å². The Bertz CT molecular complexity index is 810. The molecule has 0 bridgehead atoms. The number of carbonyl (C=O) groups is 1. The second-order valence-electron chi connectivity index (χ2n) is 5.68. The molecule has 0 spiro atoms. The number of rotatable bonds is 7. The summed E-state index contributed by atoms with van der Waals surface area (Å²) in [5.74, 6) is 1.22. The fourth-order valence-corrected chi connectivity index (χ4v) is 2.57. The van der Waals surface area contributed by atoms with E-state index in [1.807, 2.05) is 42.1 Å². The van der Waals surface area contributed by atoms with Crippen LogP contribution < -0.4 is 4.74 Å². The Kier molecular flexibility index (Phi) is 5.46. The molecule has 0 saturated heterocycles. The lowest BCUT2D eigenvalue weighted by Crippen LogP contribution is -2.34. The Morgan fingerprint density at radius 1 is 1.16 bits per heavy atom. The van der Waals surface area contributed by atoms with E-state index in [1.165, 1.54) is 0 Å². The van der Waals surface area contributed by atoms with Crippen LogP contribution in [0.15, 0.2) is 65.4 Å². The van der Waals surface area contributed by atoms with Crippen molar-refractivity contribution in [1.82, 2.24) is 9.47 Å². The first-order valence-electron chi connectivity index (χ1n) is 7.90. The lowest BCUT2D eigenvalue weighted by atomic mass is 10.3. The normalized spacial score (nSPS) is 10.6. The number of nitrogens with zero attached hydrogens (tertiary/aromatic N) is 2. The number of aryl methyl sites for hydroxylation is 1. The fraction of sp³-hybridized carbons (Fsp3) is 0.211. The Morgan fingerprint density at radius 3 is 2.60 bits per heavy atom. The molecule has 130 valence electrons. The molecular formula is C19H19ClN2O3. The van der Waals surface area contributed by atoms with Gasteiger partial charge in [-0.3, -0.25) is 4.79 Å². The van der Waals surface area contributed by atoms with Crippen LogP contribution in [0, 0.1) is 0 Å². The van der Waals surface area contributed by atoms with Crippen LogP contribution in [-0.4, -0.2) is 22.0 Å². The predicted molar refractivity (Wildman–Crippen MR) is 95.3 cm³/mol. The van der Waals surface area contributed by atoms with Gasteiger partial charge < -0.3 is 18.6 Å². The van der Waals surface area contributed by atoms with E-state index in [9.17, 15) is 4.79 Å². The van der Waals surface area contributed by atoms with Gasteiger partial charge in [-0.2, -0.15) is 0 Å². The second-order valence-corrected chi connectivity index (χ2v) is 6.12. The number of benzene rings is 1. The van der Waals surface area contributed by atoms with E-state index < -0.39 is 0 Å². The Morgan fingerprint density at radius 2 is 1.96 bits per heavy atom. The Hall–Kier alpha value is -2.66. The summed E-state index contributed by atoms with van der Waals surface area (Å²) in [5.41, 5.74) is 1.03. The zero-order valence-electron chi connectivity index (χ0n) is 13.9. The Labute approximate surface area is 151 Å². The fourth-order valence-electron chi connectivity index (χ4n) is 2.45. The zero-order chi connectivity index (χ0) is 17.6. The Balaban J connectivity index is 1.67. The summed E-state index contributed by atoms with van der Waals surface area (Å²) >= 11 is 5.86. The molecule has 25 heavy (non-hydrogen) atoms. The minimum absolute atomic E-state index is 0.0488. The lowest BCUT2D eigenvalue weighted by Gasteiger charge is -2.22. The highest BCUT2D eigenvalue weighted by atomic mass is 35.5. The third-order valence-electron chi connectivity index (χ3n) is 3.86. The summed E-state index contributed by atoms with van der Waals surface area (Å²) in [6.45, 7) is 0.820. The van der Waals surface area contributed by atoms with Crippen molar-refractivity contribution in [2.75, 3.05) is 6.61 Å². The van der Waals surface area contributed by atoms with E-state index in [0.29, 0.717) is 23.9 Å². The standard InChI is InChI=1S/C19H19ClN2O3/c1-21-10-2-4-16(21)12-22(13-18-5-3-11-24-18)19(23)14-25-17-8-6-15(20)7-9-17/h2-11H,12-14H2,1H3. The van der Waals surface area contributed by atoms with Gasteiger partial charge in [0.15, 0.2) is 6.61 Å². The van der Waals surface area contributed by atoms with Crippen LogP contribution in [0.5, 0.6) is 5.75 Å². The highest BCUT2D eigenvalue weighted by molar-refractivity contribution is 6.30. The highest BCUT2D eigenvalue weighted by Crippen LogP contribution is 2.16. The maximum atomic E-state index is 12.7. The van der Waals surface area contributed by atoms with Crippen molar-refractivity contribution in [3.63, 3.8) is 0 Å². The minimum atomic E-state index is -0.118. The first-order valence-corrected chi connectivity index (χ1v) is 8.28. The number of furan rings is 1. The van der Waals surface area contributed by atoms with Crippen molar-refractivity contribution in [3.8, 4) is 5.75 Å². The van der Waals surface area contributed by atoms with E-state index in [0.717, 1.165) is 11.5 Å². The number of halogens is 1. The molecule has 0 aliphatic heterocycles. The zero-order valence-corrected chi connectivity index (χ0v) is 14.6. The van der Waals surface area contributed by atoms with Gasteiger partial charge in [0.1, 0.15) is 11.5 Å². The van der Waals surface area contributed by atoms with Gasteiger partial charge in [-0.05, 0) is 48.5 Å². The quantitative estimate of drug-likeness (QED) is 0.644. The van der Waals surface area contributed by atoms with Gasteiger partial charge in [0.25, 0.3) is 5.91 Å². The van der Waals surface area contributed by atoms with Gasteiger partial charge in [-0.25, -0.2) is 0 Å². The molecular weight excluding hydrogens is 340 g/mol. The number of ether oxygens (including phenoxy) is 1. The maximum Gasteiger partial charge on any atom is 0.261 e. The summed E-state index contributed by atoms with van der Waals surface area (Å²) in [5, 5.41) is 0.627. The number of amides is 1. The van der Waals surface area contributed by atoms with Gasteiger partial charge in [0, 0.05) is 24.0 Å². The van der Waals surface area contributed by atoms with Gasteiger partial charge in [-0.1, -0.05) is 11.6 Å². The molecule has 0 aliphatic rings. The third-order valence-corrected chi connectivity index (χ3v) is 4.11. The molecule has 6 heteroatoms. The number of hydrogen-bond acceptors (Lipinski definition) is 3. The van der Waals surface area contributed by atoms with E-state index in [4.69, 9.17) is 20.8 Å². The largest absolute Gasteiger partial charge is 0.484 e. The molecule has 5 nitrogen and oxygen atoms in total. The molecule has 0 aliphatic carbocycles. The van der Waals surface area contributed by atoms with E-state index in [1.54, 1.807) is 35.4 Å². The van der Waals surface area contributed by atoms with E-state index in [2.05, 4.69) is 0 Å². The minimum Gasteiger partial charge on any atom is -0.484 e. The summed E-state index contributed by atoms with van der Waals surface area (Å²) in [6, 6.07) is 14.5. The van der Waals surface area contributed by atoms with Gasteiger partial charge in [0.2, 0.25) is 0 Å². The highest BCUT2D eigenvalue weighted by Gasteiger charge is 2.17. The van der Waals surface area contributed by atoms with Crippen LogP contribution in [0.25, 0.3) is 0 Å². The average molecular weight is 359 g/mol. The third kappa shape index (κ3) is 4.67. The van der Waals surface area contributed by atoms with E-state index in [-0.39, 0.29) is 12.5 Å². The first-order chi connectivity index (χ1) is 12.1. The van der Waals surface area contributed by atoms with Crippen LogP contribution in [0.3, 0.4) is 0 Å². The monoisotopic (exact) mass is 358 g/mol. The summed E-state index contributed by atoms with van der Waals surface area (Å²) in [7, 11) is 1.95. The van der Waals surface area contributed by atoms with Crippen LogP contribution in [0.2, 0.25) is 5.02 Å². The SMILES string of the molecule is Cn1cccc1CN(Cc1ccco1)C(=O)COc1ccc(Cl)cc1. The van der Waals surface area contributed by atoms with E-state index >= 15 is 0 Å². The molecule has 3 aromatic rings. The summed E-state index contributed by atoms with van der Waals surface area (Å²) in [4.78, 5) is 14.4. The topological polar surface area (TPSA) is 47.6 Å². The summed E-state index contributed by atoms with van der Waals surface area (Å²) < 4.78 is 13.0. The molecule has 1 aromatic carbocycles. The van der Waals surface area contributed by atoms with Crippen molar-refractivity contribution >= 4 is 17.5 Å². The number of carbonyl (C=O) groups excluding carboxylic acids is 1. The van der Waals surface area contributed by atoms with Crippen LogP contribution in [0.1, 0.15) is 11.5 Å². The van der Waals surface area contributed by atoms with Gasteiger partial charge in [-0.15, -0.1) is 0 Å². The van der Waals surface area contributed by atoms with Crippen LogP contribution >= 0.6 is 11.6 Å². The van der Waals surface area contributed by atoms with Gasteiger partial charge >= 0.3 is 0 Å². The molecule has 3 rings (SSSR count). The van der Waals surface area contributed by atoms with Crippen molar-refractivity contribution in [1.29, 1.82) is 0 Å². The first kappa shape index (κ1) is 17.2. The molecule has 0 fully saturated rings. The molecule has 0 saturated carbocycles. The molecule has 0 unspecified atom stereocenters. The van der Waals surface area contributed by atoms with Crippen molar-refractivity contribution < 1.29 is 13.9 Å². The molecule has 0 N–H and O–H groups in total. The lowest BCUT2D eigenvalue weighted by molar-refractivity contribution is -0.135. The maximum absolute atomic E-state index is 12.7. The van der Waals surface area contributed by atoms with Crippen LogP contribution in [0.4, 0.5) is 0 Å². The average Bonchev–Trinajstić information content (AvgIpc) is 3.26. The second kappa shape index (κ2) is 7.94. The van der Waals surface area contributed by atoms with Crippen molar-refractivity contribution in [3.05, 3.63) is 77.5 Å². The molecule has 2 aromatic heterocycles. The smallest absolute Gasteiger partial charge is 0.261 e.